The van der Waals surface area contributed by atoms with Crippen molar-refractivity contribution >= 4 is 28.6 Å². The number of nitriles is 1. The van der Waals surface area contributed by atoms with Crippen molar-refractivity contribution < 1.29 is 9.53 Å². The number of nitrogens with zero attached hydrogens (tertiary/aromatic N) is 6. The number of nitrogen functional groups attached to an aromatic ring is 1. The van der Waals surface area contributed by atoms with Gasteiger partial charge >= 0.3 is 5.69 Å². The monoisotopic (exact) mass is 543 g/mol. The molecule has 0 atom stereocenters. The molecule has 202 valence electrons. The molecule has 0 saturated heterocycles. The fourth-order valence-electron chi connectivity index (χ4n) is 4.78. The van der Waals surface area contributed by atoms with Crippen molar-refractivity contribution in [2.24, 2.45) is 5.41 Å². The van der Waals surface area contributed by atoms with Crippen LogP contribution in [0.25, 0.3) is 22.5 Å². The molecule has 5 aromatic rings. The van der Waals surface area contributed by atoms with Gasteiger partial charge in [-0.3, -0.25) is 9.36 Å². The van der Waals surface area contributed by atoms with Gasteiger partial charge in [0.05, 0.1) is 22.9 Å². The molecule has 41 heavy (non-hydrogen) atoms. The minimum absolute atomic E-state index is 0.140. The van der Waals surface area contributed by atoms with Gasteiger partial charge in [-0.2, -0.15) is 5.26 Å². The highest BCUT2D eigenvalue weighted by Gasteiger charge is 2.49. The van der Waals surface area contributed by atoms with E-state index in [4.69, 9.17) is 10.5 Å². The molecule has 1 amide bonds. The van der Waals surface area contributed by atoms with Gasteiger partial charge < -0.3 is 15.4 Å². The van der Waals surface area contributed by atoms with Crippen molar-refractivity contribution in [1.82, 2.24) is 19.1 Å². The third-order valence-corrected chi connectivity index (χ3v) is 7.30. The molecule has 2 N–H and O–H groups in total. The Morgan fingerprint density at radius 3 is 2.39 bits per heavy atom. The number of anilines is 2. The van der Waals surface area contributed by atoms with E-state index in [0.717, 1.165) is 0 Å². The first-order chi connectivity index (χ1) is 19.8. The van der Waals surface area contributed by atoms with Gasteiger partial charge in [-0.05, 0) is 67.4 Å². The first-order valence-corrected chi connectivity index (χ1v) is 12.9. The van der Waals surface area contributed by atoms with Gasteiger partial charge in [0, 0.05) is 18.3 Å². The molecule has 3 aromatic carbocycles. The second kappa shape index (κ2) is 9.81. The Kier molecular flexibility index (Phi) is 6.12. The van der Waals surface area contributed by atoms with E-state index in [9.17, 15) is 14.9 Å². The smallest absolute Gasteiger partial charge is 0.339 e. The van der Waals surface area contributed by atoms with E-state index >= 15 is 0 Å². The maximum atomic E-state index is 14.0. The molecule has 2 aromatic heterocycles. The van der Waals surface area contributed by atoms with Gasteiger partial charge in [0.15, 0.2) is 11.5 Å². The number of carbonyl (C=O) groups excluding carboxylic acids is 1. The maximum absolute atomic E-state index is 14.0. The molecule has 0 spiro atoms. The number of likely N-dealkylation sites (N-methyl/N-ethyl adjacent to an activating group) is 1. The van der Waals surface area contributed by atoms with Gasteiger partial charge in [0.2, 0.25) is 0 Å². The number of hydrogen-bond acceptors (Lipinski definition) is 7. The van der Waals surface area contributed by atoms with E-state index < -0.39 is 11.1 Å². The zero-order chi connectivity index (χ0) is 28.7. The average molecular weight is 544 g/mol. The number of imidazole rings is 1. The number of fused-ring (bicyclic) bond motifs is 1. The fraction of sp³-hybridized carbons (Fsp3) is 0.129. The van der Waals surface area contributed by atoms with E-state index in [2.05, 4.69) is 22.6 Å². The third-order valence-electron chi connectivity index (χ3n) is 7.30. The maximum Gasteiger partial charge on any atom is 0.339 e. The fourth-order valence-corrected chi connectivity index (χ4v) is 4.78. The highest BCUT2D eigenvalue weighted by Crippen LogP contribution is 2.51. The Morgan fingerprint density at radius 1 is 1.00 bits per heavy atom. The van der Waals surface area contributed by atoms with Crippen LogP contribution in [-0.2, 0) is 4.79 Å². The van der Waals surface area contributed by atoms with Crippen LogP contribution < -0.4 is 21.1 Å². The lowest BCUT2D eigenvalue weighted by Crippen LogP contribution is -2.30. The van der Waals surface area contributed by atoms with Crippen LogP contribution in [0.5, 0.6) is 11.5 Å². The van der Waals surface area contributed by atoms with E-state index in [-0.39, 0.29) is 17.3 Å². The summed E-state index contributed by atoms with van der Waals surface area (Å²) in [5.74, 6) is 1.09. The van der Waals surface area contributed by atoms with Crippen molar-refractivity contribution in [3.63, 3.8) is 0 Å². The van der Waals surface area contributed by atoms with Gasteiger partial charge in [-0.15, -0.1) is 0 Å². The van der Waals surface area contributed by atoms with Crippen LogP contribution in [0.1, 0.15) is 12.8 Å². The summed E-state index contributed by atoms with van der Waals surface area (Å²) in [7, 11) is 1.62. The van der Waals surface area contributed by atoms with E-state index in [0.29, 0.717) is 52.6 Å². The molecule has 1 fully saturated rings. The number of benzene rings is 3. The molecule has 1 saturated carbocycles. The number of aromatic nitrogens is 4. The summed E-state index contributed by atoms with van der Waals surface area (Å²) in [6.45, 7) is 3.91. The van der Waals surface area contributed by atoms with Gasteiger partial charge in [0.25, 0.3) is 5.91 Å². The van der Waals surface area contributed by atoms with Crippen LogP contribution in [0, 0.1) is 16.7 Å². The van der Waals surface area contributed by atoms with Gasteiger partial charge in [-0.25, -0.2) is 19.3 Å². The minimum Gasteiger partial charge on any atom is -0.457 e. The summed E-state index contributed by atoms with van der Waals surface area (Å²) in [5, 5.41) is 9.50. The quantitative estimate of drug-likeness (QED) is 0.293. The number of nitrogens with two attached hydrogens (primary N) is 1. The third kappa shape index (κ3) is 4.39. The summed E-state index contributed by atoms with van der Waals surface area (Å²) >= 11 is 0. The summed E-state index contributed by atoms with van der Waals surface area (Å²) in [6.07, 6.45) is 2.55. The zero-order valence-corrected chi connectivity index (χ0v) is 22.2. The molecule has 0 aliphatic heterocycles. The molecular weight excluding hydrogens is 518 g/mol. The summed E-state index contributed by atoms with van der Waals surface area (Å²) in [6, 6.07) is 25.6. The van der Waals surface area contributed by atoms with Crippen LogP contribution in [0.4, 0.5) is 11.5 Å². The van der Waals surface area contributed by atoms with Crippen LogP contribution in [-0.4, -0.2) is 32.1 Å². The highest BCUT2D eigenvalue weighted by molar-refractivity contribution is 6.06. The molecule has 2 heterocycles. The van der Waals surface area contributed by atoms with Crippen molar-refractivity contribution in [3.8, 4) is 28.9 Å². The second-order valence-corrected chi connectivity index (χ2v) is 9.85. The number of rotatable bonds is 7. The first-order valence-electron chi connectivity index (χ1n) is 12.9. The molecule has 0 radical (unpaired) electrons. The highest BCUT2D eigenvalue weighted by atomic mass is 16.5. The Bertz CT molecular complexity index is 1910. The number of ether oxygens (including phenoxy) is 1. The zero-order valence-electron chi connectivity index (χ0n) is 22.2. The van der Waals surface area contributed by atoms with E-state index in [1.165, 1.54) is 20.4 Å². The van der Waals surface area contributed by atoms with Gasteiger partial charge in [0.1, 0.15) is 23.3 Å². The van der Waals surface area contributed by atoms with Crippen LogP contribution in [0.2, 0.25) is 0 Å². The number of amides is 1. The number of carbonyl (C=O) groups is 1. The number of hydrogen-bond donors (Lipinski definition) is 1. The van der Waals surface area contributed by atoms with Crippen LogP contribution in [0.3, 0.4) is 0 Å². The van der Waals surface area contributed by atoms with Crippen molar-refractivity contribution in [3.05, 3.63) is 108 Å². The molecule has 1 aliphatic carbocycles. The summed E-state index contributed by atoms with van der Waals surface area (Å²) in [5.41, 5.74) is 7.53. The van der Waals surface area contributed by atoms with Gasteiger partial charge in [-0.1, -0.05) is 30.8 Å². The first kappa shape index (κ1) is 25.6. The number of para-hydroxylation sites is 1. The van der Waals surface area contributed by atoms with Crippen molar-refractivity contribution in [1.29, 1.82) is 5.26 Å². The lowest BCUT2D eigenvalue weighted by atomic mass is 9.98. The lowest BCUT2D eigenvalue weighted by molar-refractivity contribution is -0.115. The topological polar surface area (TPSA) is 132 Å². The predicted octanol–water partition coefficient (Wildman–Crippen LogP) is 4.77. The average Bonchev–Trinajstić information content (AvgIpc) is 3.74. The minimum atomic E-state index is -0.788. The summed E-state index contributed by atoms with van der Waals surface area (Å²) in [4.78, 5) is 37.0. The van der Waals surface area contributed by atoms with E-state index in [1.54, 1.807) is 55.6 Å². The SMILES string of the molecule is C=C(C(=O)N(C)c1cccc(-n2c(=O)n(-c3ccc(Oc4ccccc4)cc3)c3c(N)ncnc32)c1)C1(C#N)CC1. The molecule has 10 heteroatoms. The predicted molar refractivity (Wildman–Crippen MR) is 155 cm³/mol. The summed E-state index contributed by atoms with van der Waals surface area (Å²) < 4.78 is 8.77. The van der Waals surface area contributed by atoms with E-state index in [1.807, 2.05) is 30.3 Å². The van der Waals surface area contributed by atoms with Crippen LogP contribution >= 0.6 is 0 Å². The normalized spacial score (nSPS) is 13.4. The Labute approximate surface area is 235 Å². The Balaban J connectivity index is 1.40. The molecule has 0 unspecified atom stereocenters. The van der Waals surface area contributed by atoms with Crippen molar-refractivity contribution in [2.75, 3.05) is 17.7 Å². The standard InChI is InChI=1S/C31H25N7O3/c1-20(31(18-32)15-16-31)29(39)36(2)22-7-6-8-23(17-22)38-28-26(27(33)34-19-35-28)37(30(38)40)21-11-13-25(14-12-21)41-24-9-4-3-5-10-24/h3-14,17,19H,1,15-16H2,2H3,(H2,33,34,35). The Hall–Kier alpha value is -5.69. The molecular formula is C31H25N7O3. The molecule has 1 aliphatic rings. The van der Waals surface area contributed by atoms with Crippen molar-refractivity contribution in [2.45, 2.75) is 12.8 Å². The van der Waals surface area contributed by atoms with Crippen LogP contribution in [0.15, 0.2) is 102 Å². The molecule has 10 nitrogen and oxygen atoms in total. The largest absolute Gasteiger partial charge is 0.457 e. The second-order valence-electron chi connectivity index (χ2n) is 9.85. The lowest BCUT2D eigenvalue weighted by Gasteiger charge is -2.21. The molecule has 6 rings (SSSR count). The Morgan fingerprint density at radius 2 is 1.71 bits per heavy atom. The molecule has 0 bridgehead atoms.